The molecular weight excluding hydrogens is 362 g/mol. The third-order valence-corrected chi connectivity index (χ3v) is 4.10. The van der Waals surface area contributed by atoms with Crippen molar-refractivity contribution in [2.24, 2.45) is 5.92 Å². The minimum Gasteiger partial charge on any atom is -0.480 e. The van der Waals surface area contributed by atoms with Crippen LogP contribution in [0.4, 0.5) is 0 Å². The van der Waals surface area contributed by atoms with Crippen molar-refractivity contribution < 1.29 is 19.4 Å². The standard InChI is InChI=1S/C17H24BrNO4/c1-3-5-15(17(21)22)19-16(20)13(8-9-23-2)10-12-6-4-7-14(18)11-12/h4,6-7,11,13,15H,3,5,8-10H2,1-2H3,(H,19,20)(H,21,22). The van der Waals surface area contributed by atoms with Crippen LogP contribution in [0.25, 0.3) is 0 Å². The summed E-state index contributed by atoms with van der Waals surface area (Å²) < 4.78 is 6.03. The molecule has 0 aliphatic rings. The first-order valence-electron chi connectivity index (χ1n) is 7.74. The molecular formula is C17H24BrNO4. The molecule has 6 heteroatoms. The Morgan fingerprint density at radius 2 is 2.09 bits per heavy atom. The van der Waals surface area contributed by atoms with Crippen LogP contribution >= 0.6 is 15.9 Å². The molecule has 0 aliphatic carbocycles. The zero-order valence-electron chi connectivity index (χ0n) is 13.5. The van der Waals surface area contributed by atoms with Gasteiger partial charge < -0.3 is 15.2 Å². The van der Waals surface area contributed by atoms with E-state index in [-0.39, 0.29) is 11.8 Å². The second-order valence-corrected chi connectivity index (χ2v) is 6.42. The second-order valence-electron chi connectivity index (χ2n) is 5.50. The molecule has 0 saturated carbocycles. The number of hydrogen-bond acceptors (Lipinski definition) is 3. The highest BCUT2D eigenvalue weighted by molar-refractivity contribution is 9.10. The van der Waals surface area contributed by atoms with Crippen molar-refractivity contribution in [1.29, 1.82) is 0 Å². The Balaban J connectivity index is 2.78. The molecule has 23 heavy (non-hydrogen) atoms. The molecule has 5 nitrogen and oxygen atoms in total. The number of carbonyl (C=O) groups is 2. The zero-order chi connectivity index (χ0) is 17.2. The van der Waals surface area contributed by atoms with Crippen LogP contribution in [0.5, 0.6) is 0 Å². The molecule has 128 valence electrons. The first-order valence-corrected chi connectivity index (χ1v) is 8.53. The summed E-state index contributed by atoms with van der Waals surface area (Å²) >= 11 is 3.42. The molecule has 2 unspecified atom stereocenters. The summed E-state index contributed by atoms with van der Waals surface area (Å²) in [5, 5.41) is 11.8. The fourth-order valence-corrected chi connectivity index (χ4v) is 2.82. The van der Waals surface area contributed by atoms with E-state index in [0.29, 0.717) is 32.3 Å². The van der Waals surface area contributed by atoms with Gasteiger partial charge in [-0.1, -0.05) is 41.4 Å². The Labute approximate surface area is 145 Å². The van der Waals surface area contributed by atoms with Gasteiger partial charge in [-0.2, -0.15) is 0 Å². The van der Waals surface area contributed by atoms with Crippen LogP contribution in [-0.2, 0) is 20.7 Å². The van der Waals surface area contributed by atoms with E-state index in [0.717, 1.165) is 10.0 Å². The highest BCUT2D eigenvalue weighted by Gasteiger charge is 2.24. The van der Waals surface area contributed by atoms with Crippen molar-refractivity contribution in [2.75, 3.05) is 13.7 Å². The van der Waals surface area contributed by atoms with E-state index in [9.17, 15) is 14.7 Å². The number of amides is 1. The maximum Gasteiger partial charge on any atom is 0.326 e. The largest absolute Gasteiger partial charge is 0.480 e. The van der Waals surface area contributed by atoms with Crippen molar-refractivity contribution in [3.8, 4) is 0 Å². The summed E-state index contributed by atoms with van der Waals surface area (Å²) in [5.74, 6) is -1.54. The van der Waals surface area contributed by atoms with Crippen LogP contribution in [0.3, 0.4) is 0 Å². The molecule has 0 radical (unpaired) electrons. The number of carbonyl (C=O) groups excluding carboxylic acids is 1. The molecule has 0 spiro atoms. The zero-order valence-corrected chi connectivity index (χ0v) is 15.1. The summed E-state index contributed by atoms with van der Waals surface area (Å²) in [5.41, 5.74) is 1.03. The lowest BCUT2D eigenvalue weighted by atomic mass is 9.95. The third kappa shape index (κ3) is 7.14. The van der Waals surface area contributed by atoms with Gasteiger partial charge in [-0.05, 0) is 37.0 Å². The fourth-order valence-electron chi connectivity index (χ4n) is 2.37. The lowest BCUT2D eigenvalue weighted by Crippen LogP contribution is -2.44. The number of carboxylic acids is 1. The molecule has 1 aromatic carbocycles. The Morgan fingerprint density at radius 1 is 1.35 bits per heavy atom. The molecule has 1 amide bonds. The van der Waals surface area contributed by atoms with Crippen molar-refractivity contribution in [2.45, 2.75) is 38.6 Å². The summed E-state index contributed by atoms with van der Waals surface area (Å²) in [7, 11) is 1.59. The van der Waals surface area contributed by atoms with E-state index in [1.807, 2.05) is 31.2 Å². The van der Waals surface area contributed by atoms with Crippen LogP contribution in [0.1, 0.15) is 31.7 Å². The van der Waals surface area contributed by atoms with Crippen molar-refractivity contribution in [1.82, 2.24) is 5.32 Å². The van der Waals surface area contributed by atoms with E-state index in [4.69, 9.17) is 4.74 Å². The van der Waals surface area contributed by atoms with E-state index in [1.54, 1.807) is 7.11 Å². The van der Waals surface area contributed by atoms with Gasteiger partial charge in [-0.3, -0.25) is 4.79 Å². The Bertz CT molecular complexity index is 521. The number of aliphatic carboxylic acids is 1. The normalized spacial score (nSPS) is 13.3. The number of carboxylic acid groups (broad SMARTS) is 1. The quantitative estimate of drug-likeness (QED) is 0.648. The molecule has 2 N–H and O–H groups in total. The first-order chi connectivity index (χ1) is 11.0. The molecule has 0 saturated heterocycles. The number of rotatable bonds is 10. The number of methoxy groups -OCH3 is 1. The Hall–Kier alpha value is -1.40. The van der Waals surface area contributed by atoms with Gasteiger partial charge >= 0.3 is 5.97 Å². The van der Waals surface area contributed by atoms with E-state index in [2.05, 4.69) is 21.2 Å². The van der Waals surface area contributed by atoms with Crippen LogP contribution in [0.2, 0.25) is 0 Å². The van der Waals surface area contributed by atoms with Gasteiger partial charge in [0.25, 0.3) is 0 Å². The van der Waals surface area contributed by atoms with Crippen LogP contribution in [-0.4, -0.2) is 36.7 Å². The van der Waals surface area contributed by atoms with Crippen LogP contribution < -0.4 is 5.32 Å². The molecule has 1 rings (SSSR count). The summed E-state index contributed by atoms with van der Waals surface area (Å²) in [6.45, 7) is 2.35. The number of ether oxygens (including phenoxy) is 1. The minimum absolute atomic E-state index is 0.233. The topological polar surface area (TPSA) is 75.6 Å². The SMILES string of the molecule is CCCC(NC(=O)C(CCOC)Cc1cccc(Br)c1)C(=O)O. The van der Waals surface area contributed by atoms with Gasteiger partial charge in [-0.25, -0.2) is 4.79 Å². The van der Waals surface area contributed by atoms with Crippen LogP contribution in [0, 0.1) is 5.92 Å². The Morgan fingerprint density at radius 3 is 2.65 bits per heavy atom. The molecule has 0 bridgehead atoms. The smallest absolute Gasteiger partial charge is 0.326 e. The fraction of sp³-hybridized carbons (Fsp3) is 0.529. The number of nitrogens with one attached hydrogen (secondary N) is 1. The molecule has 2 atom stereocenters. The third-order valence-electron chi connectivity index (χ3n) is 3.60. The van der Waals surface area contributed by atoms with Crippen LogP contribution in [0.15, 0.2) is 28.7 Å². The lowest BCUT2D eigenvalue weighted by molar-refractivity contribution is -0.142. The number of benzene rings is 1. The van der Waals surface area contributed by atoms with E-state index in [1.165, 1.54) is 0 Å². The van der Waals surface area contributed by atoms with Crippen molar-refractivity contribution in [3.63, 3.8) is 0 Å². The number of hydrogen-bond donors (Lipinski definition) is 2. The highest BCUT2D eigenvalue weighted by Crippen LogP contribution is 2.18. The van der Waals surface area contributed by atoms with Gasteiger partial charge in [0.1, 0.15) is 6.04 Å². The molecule has 0 aromatic heterocycles. The van der Waals surface area contributed by atoms with E-state index < -0.39 is 12.0 Å². The maximum atomic E-state index is 12.5. The summed E-state index contributed by atoms with van der Waals surface area (Å²) in [6.07, 6.45) is 2.22. The predicted molar refractivity (Wildman–Crippen MR) is 92.3 cm³/mol. The maximum absolute atomic E-state index is 12.5. The average Bonchev–Trinajstić information content (AvgIpc) is 2.50. The predicted octanol–water partition coefficient (Wildman–Crippen LogP) is 3.01. The Kier molecular flexibility index (Phi) is 8.87. The monoisotopic (exact) mass is 385 g/mol. The summed E-state index contributed by atoms with van der Waals surface area (Å²) in [4.78, 5) is 23.7. The van der Waals surface area contributed by atoms with Gasteiger partial charge in [0, 0.05) is 24.1 Å². The van der Waals surface area contributed by atoms with Gasteiger partial charge in [0.2, 0.25) is 5.91 Å². The average molecular weight is 386 g/mol. The van der Waals surface area contributed by atoms with Crippen molar-refractivity contribution in [3.05, 3.63) is 34.3 Å². The van der Waals surface area contributed by atoms with E-state index >= 15 is 0 Å². The van der Waals surface area contributed by atoms with Gasteiger partial charge in [-0.15, -0.1) is 0 Å². The molecule has 0 fully saturated rings. The molecule has 0 aliphatic heterocycles. The highest BCUT2D eigenvalue weighted by atomic mass is 79.9. The van der Waals surface area contributed by atoms with Gasteiger partial charge in [0.15, 0.2) is 0 Å². The van der Waals surface area contributed by atoms with Gasteiger partial charge in [0.05, 0.1) is 0 Å². The molecule has 0 heterocycles. The second kappa shape index (κ2) is 10.4. The minimum atomic E-state index is -0.992. The van der Waals surface area contributed by atoms with Crippen molar-refractivity contribution >= 4 is 27.8 Å². The summed E-state index contributed by atoms with van der Waals surface area (Å²) in [6, 6.07) is 6.93. The molecule has 1 aromatic rings. The number of halogens is 1. The first kappa shape index (κ1) is 19.6. The lowest BCUT2D eigenvalue weighted by Gasteiger charge is -2.20.